The van der Waals surface area contributed by atoms with E-state index in [9.17, 15) is 20.1 Å². The maximum absolute atomic E-state index is 11.0. The summed E-state index contributed by atoms with van der Waals surface area (Å²) in [6, 6.07) is 5.26. The number of carboxylic acids is 1. The SMILES string of the molecule is Cc1cccc(OC2OC(C(=O)O)C(O)C(O)C2O)c1C. The first-order valence-corrected chi connectivity index (χ1v) is 6.48. The third-order valence-electron chi connectivity index (χ3n) is 3.61. The van der Waals surface area contributed by atoms with Crippen molar-refractivity contribution in [1.82, 2.24) is 0 Å². The quantitative estimate of drug-likeness (QED) is 0.598. The number of benzene rings is 1. The third-order valence-corrected chi connectivity index (χ3v) is 3.61. The molecule has 0 aliphatic carbocycles. The average molecular weight is 298 g/mol. The van der Waals surface area contributed by atoms with Crippen LogP contribution >= 0.6 is 0 Å². The zero-order chi connectivity index (χ0) is 15.7. The van der Waals surface area contributed by atoms with E-state index >= 15 is 0 Å². The zero-order valence-electron chi connectivity index (χ0n) is 11.6. The highest BCUT2D eigenvalue weighted by Gasteiger charge is 2.48. The minimum atomic E-state index is -1.73. The minimum absolute atomic E-state index is 0.409. The Balaban J connectivity index is 2.22. The molecular weight excluding hydrogens is 280 g/mol. The summed E-state index contributed by atoms with van der Waals surface area (Å²) >= 11 is 0. The molecule has 0 amide bonds. The predicted octanol–water partition coefficient (Wildman–Crippen LogP) is -0.426. The average Bonchev–Trinajstić information content (AvgIpc) is 2.43. The van der Waals surface area contributed by atoms with Gasteiger partial charge in [-0.3, -0.25) is 0 Å². The summed E-state index contributed by atoms with van der Waals surface area (Å²) in [7, 11) is 0. The summed E-state index contributed by atoms with van der Waals surface area (Å²) < 4.78 is 10.5. The molecule has 4 N–H and O–H groups in total. The molecule has 1 fully saturated rings. The molecule has 0 aromatic heterocycles. The van der Waals surface area contributed by atoms with Crippen LogP contribution in [0, 0.1) is 13.8 Å². The van der Waals surface area contributed by atoms with Gasteiger partial charge in [0, 0.05) is 0 Å². The number of aliphatic carboxylic acids is 1. The Bertz CT molecular complexity index is 530. The second-order valence-corrected chi connectivity index (χ2v) is 5.05. The molecule has 1 aromatic rings. The van der Waals surface area contributed by atoms with Gasteiger partial charge in [0.25, 0.3) is 0 Å². The molecule has 1 aliphatic rings. The van der Waals surface area contributed by atoms with E-state index in [1.165, 1.54) is 0 Å². The van der Waals surface area contributed by atoms with Gasteiger partial charge >= 0.3 is 5.97 Å². The lowest BCUT2D eigenvalue weighted by Crippen LogP contribution is -2.61. The van der Waals surface area contributed by atoms with E-state index in [1.54, 1.807) is 19.1 Å². The molecular formula is C14H18O7. The van der Waals surface area contributed by atoms with E-state index in [0.717, 1.165) is 11.1 Å². The fourth-order valence-electron chi connectivity index (χ4n) is 2.13. The van der Waals surface area contributed by atoms with Gasteiger partial charge in [0.05, 0.1) is 0 Å². The van der Waals surface area contributed by atoms with Gasteiger partial charge in [0.1, 0.15) is 24.1 Å². The Morgan fingerprint density at radius 2 is 1.81 bits per heavy atom. The molecule has 0 bridgehead atoms. The van der Waals surface area contributed by atoms with Crippen LogP contribution in [0.3, 0.4) is 0 Å². The van der Waals surface area contributed by atoms with Crippen molar-refractivity contribution in [3.8, 4) is 5.75 Å². The summed E-state index contributed by atoms with van der Waals surface area (Å²) in [6.45, 7) is 3.68. The molecule has 0 radical (unpaired) electrons. The van der Waals surface area contributed by atoms with Gasteiger partial charge in [-0.15, -0.1) is 0 Å². The first-order chi connectivity index (χ1) is 9.82. The molecule has 7 heteroatoms. The van der Waals surface area contributed by atoms with Crippen molar-refractivity contribution in [2.24, 2.45) is 0 Å². The molecule has 7 nitrogen and oxygen atoms in total. The van der Waals surface area contributed by atoms with Crippen LogP contribution in [0.5, 0.6) is 5.75 Å². The second-order valence-electron chi connectivity index (χ2n) is 5.05. The first kappa shape index (κ1) is 15.7. The highest BCUT2D eigenvalue weighted by Crippen LogP contribution is 2.27. The van der Waals surface area contributed by atoms with Crippen molar-refractivity contribution in [3.63, 3.8) is 0 Å². The highest BCUT2D eigenvalue weighted by molar-refractivity contribution is 5.73. The molecule has 2 rings (SSSR count). The van der Waals surface area contributed by atoms with Gasteiger partial charge in [0.15, 0.2) is 6.10 Å². The standard InChI is InChI=1S/C14H18O7/c1-6-4-3-5-8(7(6)2)20-14-11(17)9(15)10(16)12(21-14)13(18)19/h3-5,9-12,14-17H,1-2H3,(H,18,19). The molecule has 5 unspecified atom stereocenters. The van der Waals surface area contributed by atoms with Crippen LogP contribution in [0.1, 0.15) is 11.1 Å². The Labute approximate surface area is 121 Å². The van der Waals surface area contributed by atoms with Gasteiger partial charge in [-0.2, -0.15) is 0 Å². The topological polar surface area (TPSA) is 116 Å². The Kier molecular flexibility index (Phi) is 4.48. The van der Waals surface area contributed by atoms with Crippen LogP contribution in [-0.2, 0) is 9.53 Å². The molecule has 0 saturated carbocycles. The molecule has 1 heterocycles. The fraction of sp³-hybridized carbons (Fsp3) is 0.500. The number of aryl methyl sites for hydroxylation is 1. The van der Waals surface area contributed by atoms with E-state index in [1.807, 2.05) is 13.0 Å². The van der Waals surface area contributed by atoms with Crippen LogP contribution in [0.25, 0.3) is 0 Å². The Morgan fingerprint density at radius 3 is 2.43 bits per heavy atom. The summed E-state index contributed by atoms with van der Waals surface area (Å²) in [5.41, 5.74) is 1.76. The largest absolute Gasteiger partial charge is 0.479 e. The lowest BCUT2D eigenvalue weighted by molar-refractivity contribution is -0.271. The molecule has 1 aromatic carbocycles. The predicted molar refractivity (Wildman–Crippen MR) is 70.9 cm³/mol. The van der Waals surface area contributed by atoms with E-state index in [4.69, 9.17) is 14.6 Å². The smallest absolute Gasteiger partial charge is 0.335 e. The number of carboxylic acid groups (broad SMARTS) is 1. The molecule has 0 spiro atoms. The van der Waals surface area contributed by atoms with Crippen LogP contribution in [0.2, 0.25) is 0 Å². The van der Waals surface area contributed by atoms with Crippen LogP contribution < -0.4 is 4.74 Å². The number of carbonyl (C=O) groups is 1. The number of hydrogen-bond donors (Lipinski definition) is 4. The number of hydrogen-bond acceptors (Lipinski definition) is 6. The monoisotopic (exact) mass is 298 g/mol. The Morgan fingerprint density at radius 1 is 1.14 bits per heavy atom. The maximum atomic E-state index is 11.0. The van der Waals surface area contributed by atoms with Crippen molar-refractivity contribution in [2.45, 2.75) is 44.6 Å². The zero-order valence-corrected chi connectivity index (χ0v) is 11.6. The van der Waals surface area contributed by atoms with Gasteiger partial charge in [-0.25, -0.2) is 4.79 Å². The molecule has 5 atom stereocenters. The number of aliphatic hydroxyl groups excluding tert-OH is 3. The van der Waals surface area contributed by atoms with Crippen molar-refractivity contribution < 1.29 is 34.7 Å². The van der Waals surface area contributed by atoms with Crippen molar-refractivity contribution >= 4 is 5.97 Å². The highest BCUT2D eigenvalue weighted by atomic mass is 16.7. The lowest BCUT2D eigenvalue weighted by Gasteiger charge is -2.38. The maximum Gasteiger partial charge on any atom is 0.335 e. The second kappa shape index (κ2) is 5.98. The van der Waals surface area contributed by atoms with E-state index < -0.39 is 36.7 Å². The van der Waals surface area contributed by atoms with Crippen molar-refractivity contribution in [2.75, 3.05) is 0 Å². The summed E-state index contributed by atoms with van der Waals surface area (Å²) in [4.78, 5) is 11.0. The van der Waals surface area contributed by atoms with Gasteiger partial charge in [-0.05, 0) is 31.0 Å². The Hall–Kier alpha value is -1.67. The van der Waals surface area contributed by atoms with E-state index in [-0.39, 0.29) is 0 Å². The normalized spacial score (nSPS) is 32.7. The molecule has 116 valence electrons. The van der Waals surface area contributed by atoms with E-state index in [2.05, 4.69) is 0 Å². The van der Waals surface area contributed by atoms with E-state index in [0.29, 0.717) is 5.75 Å². The summed E-state index contributed by atoms with van der Waals surface area (Å²) in [5, 5.41) is 38.1. The lowest BCUT2D eigenvalue weighted by atomic mass is 9.99. The number of aliphatic hydroxyl groups is 3. The fourth-order valence-corrected chi connectivity index (χ4v) is 2.13. The third kappa shape index (κ3) is 3.01. The summed E-state index contributed by atoms with van der Waals surface area (Å²) in [5.74, 6) is -1.03. The first-order valence-electron chi connectivity index (χ1n) is 6.48. The number of rotatable bonds is 3. The molecule has 1 saturated heterocycles. The minimum Gasteiger partial charge on any atom is -0.479 e. The van der Waals surface area contributed by atoms with Gasteiger partial charge in [-0.1, -0.05) is 12.1 Å². The van der Waals surface area contributed by atoms with Crippen molar-refractivity contribution in [3.05, 3.63) is 29.3 Å². The van der Waals surface area contributed by atoms with Crippen LogP contribution in [0.15, 0.2) is 18.2 Å². The number of ether oxygens (including phenoxy) is 2. The molecule has 1 aliphatic heterocycles. The summed E-state index contributed by atoms with van der Waals surface area (Å²) in [6.07, 6.45) is -8.01. The van der Waals surface area contributed by atoms with Gasteiger partial charge < -0.3 is 29.9 Å². The van der Waals surface area contributed by atoms with Crippen LogP contribution in [0.4, 0.5) is 0 Å². The van der Waals surface area contributed by atoms with Crippen LogP contribution in [-0.4, -0.2) is 57.1 Å². The van der Waals surface area contributed by atoms with Crippen molar-refractivity contribution in [1.29, 1.82) is 0 Å². The van der Waals surface area contributed by atoms with Gasteiger partial charge in [0.2, 0.25) is 6.29 Å². The molecule has 21 heavy (non-hydrogen) atoms.